The average Bonchev–Trinajstić information content (AvgIpc) is 2.97. The number of piperidine rings is 1. The normalized spacial score (nSPS) is 24.6. The van der Waals surface area contributed by atoms with Gasteiger partial charge in [0.25, 0.3) is 5.91 Å². The summed E-state index contributed by atoms with van der Waals surface area (Å²) in [7, 11) is 0. The van der Waals surface area contributed by atoms with Gasteiger partial charge in [-0.25, -0.2) is 0 Å². The monoisotopic (exact) mass is 309 g/mol. The van der Waals surface area contributed by atoms with Crippen LogP contribution in [0.5, 0.6) is 0 Å². The number of nitrogens with zero attached hydrogens (tertiary/aromatic N) is 2. The molecular weight excluding hydrogens is 286 g/mol. The van der Waals surface area contributed by atoms with Crippen LogP contribution in [0.4, 0.5) is 0 Å². The fraction of sp³-hybridized carbons (Fsp3) is 0.421. The number of hydrogen-bond acceptors (Lipinski definition) is 2. The zero-order chi connectivity index (χ0) is 15.6. The van der Waals surface area contributed by atoms with E-state index in [2.05, 4.69) is 45.1 Å². The Kier molecular flexibility index (Phi) is 3.92. The van der Waals surface area contributed by atoms with Gasteiger partial charge < -0.3 is 9.88 Å². The zero-order valence-electron chi connectivity index (χ0n) is 13.3. The van der Waals surface area contributed by atoms with Gasteiger partial charge in [0.2, 0.25) is 0 Å². The summed E-state index contributed by atoms with van der Waals surface area (Å²) in [6.45, 7) is 3.83. The highest BCUT2D eigenvalue weighted by Gasteiger charge is 2.36. The number of H-pyrrole nitrogens is 1. The van der Waals surface area contributed by atoms with Crippen molar-refractivity contribution in [3.05, 3.63) is 59.9 Å². The van der Waals surface area contributed by atoms with Crippen molar-refractivity contribution in [1.29, 1.82) is 0 Å². The van der Waals surface area contributed by atoms with E-state index in [-0.39, 0.29) is 5.91 Å². The van der Waals surface area contributed by atoms with Crippen molar-refractivity contribution in [3.63, 3.8) is 0 Å². The summed E-state index contributed by atoms with van der Waals surface area (Å²) in [5.74, 6) is 0.741. The Balaban J connectivity index is 1.49. The summed E-state index contributed by atoms with van der Waals surface area (Å²) in [5, 5.41) is 0. The van der Waals surface area contributed by atoms with Crippen molar-refractivity contribution in [2.24, 2.45) is 5.92 Å². The molecule has 2 bridgehead atoms. The molecule has 1 amide bonds. The van der Waals surface area contributed by atoms with Gasteiger partial charge in [0.05, 0.1) is 0 Å². The third kappa shape index (κ3) is 3.04. The lowest BCUT2D eigenvalue weighted by atomic mass is 9.94. The Morgan fingerprint density at radius 3 is 2.70 bits per heavy atom. The fourth-order valence-corrected chi connectivity index (χ4v) is 3.99. The molecule has 5 rings (SSSR count). The van der Waals surface area contributed by atoms with E-state index in [4.69, 9.17) is 0 Å². The number of aromatic nitrogens is 1. The molecule has 1 aromatic heterocycles. The van der Waals surface area contributed by atoms with Crippen LogP contribution in [-0.4, -0.2) is 46.4 Å². The van der Waals surface area contributed by atoms with Crippen LogP contribution in [0, 0.1) is 5.92 Å². The van der Waals surface area contributed by atoms with E-state index in [0.717, 1.165) is 26.2 Å². The van der Waals surface area contributed by atoms with Crippen LogP contribution in [0.3, 0.4) is 0 Å². The maximum atomic E-state index is 12.7. The average molecular weight is 309 g/mol. The smallest absolute Gasteiger partial charge is 0.270 e. The molecule has 4 heteroatoms. The molecular formula is C19H23N3O. The van der Waals surface area contributed by atoms with E-state index in [9.17, 15) is 4.79 Å². The molecule has 3 aliphatic heterocycles. The quantitative estimate of drug-likeness (QED) is 0.947. The Morgan fingerprint density at radius 2 is 1.91 bits per heavy atom. The fourth-order valence-electron chi connectivity index (χ4n) is 3.99. The van der Waals surface area contributed by atoms with Gasteiger partial charge in [-0.1, -0.05) is 30.3 Å². The van der Waals surface area contributed by atoms with Gasteiger partial charge in [0, 0.05) is 38.4 Å². The standard InChI is InChI=1S/C19H23N3O/c23-19(18-7-4-10-20-18)22-13-16-8-9-17(14-22)21(12-16)11-15-5-2-1-3-6-15/h1-7,10,16-17,20H,8-9,11-14H2/t16-,17-/m0/s1. The van der Waals surface area contributed by atoms with Gasteiger partial charge in [-0.2, -0.15) is 0 Å². The van der Waals surface area contributed by atoms with Gasteiger partial charge in [0.1, 0.15) is 5.69 Å². The first-order valence-corrected chi connectivity index (χ1v) is 8.50. The number of nitrogens with one attached hydrogen (secondary N) is 1. The first kappa shape index (κ1) is 14.5. The topological polar surface area (TPSA) is 39.3 Å². The SMILES string of the molecule is O=C(c1ccc[nH]1)N1C[C@H]2CC[C@@H](C1)N(Cc1ccccc1)C2. The van der Waals surface area contributed by atoms with E-state index >= 15 is 0 Å². The highest BCUT2D eigenvalue weighted by molar-refractivity contribution is 5.92. The molecule has 4 nitrogen and oxygen atoms in total. The highest BCUT2D eigenvalue weighted by atomic mass is 16.2. The largest absolute Gasteiger partial charge is 0.357 e. The summed E-state index contributed by atoms with van der Waals surface area (Å²) in [4.78, 5) is 20.4. The van der Waals surface area contributed by atoms with E-state index in [1.807, 2.05) is 18.3 Å². The van der Waals surface area contributed by atoms with Crippen molar-refractivity contribution in [1.82, 2.24) is 14.8 Å². The summed E-state index contributed by atoms with van der Waals surface area (Å²) in [6.07, 6.45) is 4.26. The molecule has 2 aromatic rings. The minimum atomic E-state index is 0.147. The predicted molar refractivity (Wildman–Crippen MR) is 90.1 cm³/mol. The Labute approximate surface area is 137 Å². The lowest BCUT2D eigenvalue weighted by molar-refractivity contribution is 0.0731. The number of fused-ring (bicyclic) bond motifs is 4. The summed E-state index contributed by atoms with van der Waals surface area (Å²) in [5.41, 5.74) is 2.07. The Hall–Kier alpha value is -2.07. The second-order valence-electron chi connectivity index (χ2n) is 6.81. The van der Waals surface area contributed by atoms with Gasteiger partial charge in [0.15, 0.2) is 0 Å². The molecule has 3 fully saturated rings. The third-order valence-electron chi connectivity index (χ3n) is 5.17. The molecule has 0 aliphatic carbocycles. The van der Waals surface area contributed by atoms with Crippen molar-refractivity contribution in [3.8, 4) is 0 Å². The van der Waals surface area contributed by atoms with Crippen LogP contribution in [-0.2, 0) is 6.54 Å². The maximum absolute atomic E-state index is 12.7. The van der Waals surface area contributed by atoms with Crippen molar-refractivity contribution >= 4 is 5.91 Å². The lowest BCUT2D eigenvalue weighted by Gasteiger charge is -2.36. The van der Waals surface area contributed by atoms with Crippen molar-refractivity contribution < 1.29 is 4.79 Å². The van der Waals surface area contributed by atoms with Gasteiger partial charge in [-0.05, 0) is 36.5 Å². The Bertz CT molecular complexity index is 653. The van der Waals surface area contributed by atoms with Crippen LogP contribution >= 0.6 is 0 Å². The van der Waals surface area contributed by atoms with E-state index in [1.165, 1.54) is 18.4 Å². The highest BCUT2D eigenvalue weighted by Crippen LogP contribution is 2.29. The van der Waals surface area contributed by atoms with Crippen LogP contribution < -0.4 is 0 Å². The molecule has 120 valence electrons. The minimum absolute atomic E-state index is 0.147. The van der Waals surface area contributed by atoms with Crippen LogP contribution in [0.15, 0.2) is 48.7 Å². The molecule has 0 unspecified atom stereocenters. The van der Waals surface area contributed by atoms with Gasteiger partial charge in [-0.15, -0.1) is 0 Å². The minimum Gasteiger partial charge on any atom is -0.357 e. The zero-order valence-corrected chi connectivity index (χ0v) is 13.3. The molecule has 0 saturated carbocycles. The molecule has 3 aliphatic rings. The number of amides is 1. The summed E-state index contributed by atoms with van der Waals surface area (Å²) < 4.78 is 0. The number of hydrogen-bond donors (Lipinski definition) is 1. The first-order valence-electron chi connectivity index (χ1n) is 8.50. The second kappa shape index (κ2) is 6.20. The first-order chi connectivity index (χ1) is 11.3. The predicted octanol–water partition coefficient (Wildman–Crippen LogP) is 2.75. The molecule has 1 N–H and O–H groups in total. The number of aromatic amines is 1. The van der Waals surface area contributed by atoms with Crippen LogP contribution in [0.2, 0.25) is 0 Å². The molecule has 0 spiro atoms. The summed E-state index contributed by atoms with van der Waals surface area (Å²) in [6, 6.07) is 14.9. The molecule has 23 heavy (non-hydrogen) atoms. The molecule has 4 heterocycles. The molecule has 2 atom stereocenters. The van der Waals surface area contributed by atoms with Crippen molar-refractivity contribution in [2.45, 2.75) is 25.4 Å². The van der Waals surface area contributed by atoms with Gasteiger partial charge >= 0.3 is 0 Å². The maximum Gasteiger partial charge on any atom is 0.270 e. The number of rotatable bonds is 3. The second-order valence-corrected chi connectivity index (χ2v) is 6.81. The van der Waals surface area contributed by atoms with Gasteiger partial charge in [-0.3, -0.25) is 9.69 Å². The van der Waals surface area contributed by atoms with Crippen LogP contribution in [0.25, 0.3) is 0 Å². The third-order valence-corrected chi connectivity index (χ3v) is 5.17. The Morgan fingerprint density at radius 1 is 1.04 bits per heavy atom. The number of benzene rings is 1. The number of carbonyl (C=O) groups is 1. The van der Waals surface area contributed by atoms with E-state index in [0.29, 0.717) is 17.7 Å². The van der Waals surface area contributed by atoms with Crippen LogP contribution in [0.1, 0.15) is 28.9 Å². The molecule has 1 aromatic carbocycles. The van der Waals surface area contributed by atoms with E-state index in [1.54, 1.807) is 0 Å². The molecule has 3 saturated heterocycles. The number of carbonyl (C=O) groups excluding carboxylic acids is 1. The van der Waals surface area contributed by atoms with Crippen molar-refractivity contribution in [2.75, 3.05) is 19.6 Å². The molecule has 0 radical (unpaired) electrons. The van der Waals surface area contributed by atoms with E-state index < -0.39 is 0 Å². The summed E-state index contributed by atoms with van der Waals surface area (Å²) >= 11 is 0. The lowest BCUT2D eigenvalue weighted by Crippen LogP contribution is -2.43.